The summed E-state index contributed by atoms with van der Waals surface area (Å²) in [5, 5.41) is 2.70. The molecule has 0 saturated carbocycles. The Morgan fingerprint density at radius 2 is 1.61 bits per heavy atom. The van der Waals surface area contributed by atoms with Crippen LogP contribution >= 0.6 is 0 Å². The Morgan fingerprint density at radius 3 is 2.26 bits per heavy atom. The Labute approximate surface area is 181 Å². The molecule has 2 N–H and O–H groups in total. The molecule has 0 saturated heterocycles. The number of benzene rings is 2. The van der Waals surface area contributed by atoms with Gasteiger partial charge in [-0.1, -0.05) is 6.07 Å². The maximum atomic E-state index is 12.6. The fraction of sp³-hybridized carbons (Fsp3) is 0.182. The number of ether oxygens (including phenoxy) is 2. The van der Waals surface area contributed by atoms with Crippen molar-refractivity contribution in [2.75, 3.05) is 17.9 Å². The predicted octanol–water partition coefficient (Wildman–Crippen LogP) is 2.98. The van der Waals surface area contributed by atoms with Crippen molar-refractivity contribution in [2.24, 2.45) is 0 Å². The predicted molar refractivity (Wildman–Crippen MR) is 116 cm³/mol. The zero-order chi connectivity index (χ0) is 22.1. The fourth-order valence-corrected chi connectivity index (χ4v) is 3.67. The molecule has 0 fully saturated rings. The van der Waals surface area contributed by atoms with Gasteiger partial charge in [0, 0.05) is 11.9 Å². The van der Waals surface area contributed by atoms with E-state index in [2.05, 4.69) is 15.0 Å². The van der Waals surface area contributed by atoms with Crippen LogP contribution < -0.4 is 19.5 Å². The number of hydrogen-bond donors (Lipinski definition) is 2. The van der Waals surface area contributed by atoms with E-state index in [1.165, 1.54) is 24.3 Å². The summed E-state index contributed by atoms with van der Waals surface area (Å²) in [6.45, 7) is 2.52. The van der Waals surface area contributed by atoms with Gasteiger partial charge in [0.15, 0.2) is 6.61 Å². The Balaban J connectivity index is 1.52. The molecular weight excluding hydrogens is 418 g/mol. The van der Waals surface area contributed by atoms with E-state index in [9.17, 15) is 13.2 Å². The molecule has 0 radical (unpaired) electrons. The molecule has 1 aromatic heterocycles. The number of nitrogens with one attached hydrogen (secondary N) is 2. The van der Waals surface area contributed by atoms with Crippen molar-refractivity contribution < 1.29 is 22.7 Å². The van der Waals surface area contributed by atoms with Crippen LogP contribution in [0.3, 0.4) is 0 Å². The Morgan fingerprint density at radius 1 is 0.935 bits per heavy atom. The van der Waals surface area contributed by atoms with Crippen LogP contribution in [0.2, 0.25) is 0 Å². The Hall–Kier alpha value is -3.59. The van der Waals surface area contributed by atoms with Gasteiger partial charge < -0.3 is 14.8 Å². The minimum atomic E-state index is -3.76. The number of amides is 1. The third-order valence-electron chi connectivity index (χ3n) is 4.11. The first-order valence-electron chi connectivity index (χ1n) is 9.61. The lowest BCUT2D eigenvalue weighted by Gasteiger charge is -2.10. The third kappa shape index (κ3) is 6.71. The van der Waals surface area contributed by atoms with Gasteiger partial charge in [0.1, 0.15) is 11.5 Å². The summed E-state index contributed by atoms with van der Waals surface area (Å²) in [4.78, 5) is 16.1. The van der Waals surface area contributed by atoms with Crippen LogP contribution in [0.5, 0.6) is 11.5 Å². The lowest BCUT2D eigenvalue weighted by molar-refractivity contribution is -0.123. The Kier molecular flexibility index (Phi) is 7.45. The van der Waals surface area contributed by atoms with Crippen LogP contribution in [0, 0.1) is 0 Å². The summed E-state index contributed by atoms with van der Waals surface area (Å²) in [5.74, 6) is 0.739. The molecule has 0 aliphatic heterocycles. The molecule has 1 amide bonds. The van der Waals surface area contributed by atoms with Crippen molar-refractivity contribution in [1.29, 1.82) is 0 Å². The molecule has 162 valence electrons. The molecule has 9 heteroatoms. The smallest absolute Gasteiger partial charge is 0.261 e. The summed E-state index contributed by atoms with van der Waals surface area (Å²) < 4.78 is 38.4. The molecule has 3 rings (SSSR count). The lowest BCUT2D eigenvalue weighted by Crippen LogP contribution is -2.28. The quantitative estimate of drug-likeness (QED) is 0.501. The van der Waals surface area contributed by atoms with Crippen molar-refractivity contribution in [3.05, 3.63) is 78.6 Å². The van der Waals surface area contributed by atoms with Crippen LogP contribution in [-0.4, -0.2) is 32.5 Å². The first-order valence-corrected chi connectivity index (χ1v) is 11.1. The second-order valence-electron chi connectivity index (χ2n) is 6.42. The number of aromatic nitrogens is 1. The monoisotopic (exact) mass is 441 g/mol. The number of carbonyl (C=O) groups is 1. The van der Waals surface area contributed by atoms with Crippen molar-refractivity contribution in [2.45, 2.75) is 18.4 Å². The number of anilines is 1. The second kappa shape index (κ2) is 10.4. The maximum Gasteiger partial charge on any atom is 0.261 e. The zero-order valence-corrected chi connectivity index (χ0v) is 17.8. The fourth-order valence-electron chi connectivity index (χ4n) is 2.61. The van der Waals surface area contributed by atoms with Crippen molar-refractivity contribution in [1.82, 2.24) is 10.3 Å². The maximum absolute atomic E-state index is 12.6. The van der Waals surface area contributed by atoms with E-state index in [4.69, 9.17) is 9.47 Å². The van der Waals surface area contributed by atoms with Gasteiger partial charge in [0.25, 0.3) is 15.9 Å². The minimum Gasteiger partial charge on any atom is -0.494 e. The Bertz CT molecular complexity index is 1090. The number of nitrogens with zero attached hydrogens (tertiary/aromatic N) is 1. The van der Waals surface area contributed by atoms with E-state index in [1.54, 1.807) is 36.5 Å². The summed E-state index contributed by atoms with van der Waals surface area (Å²) in [6, 6.07) is 17.9. The molecule has 0 spiro atoms. The van der Waals surface area contributed by atoms with Gasteiger partial charge in [-0.15, -0.1) is 0 Å². The van der Waals surface area contributed by atoms with Crippen molar-refractivity contribution in [3.63, 3.8) is 0 Å². The van der Waals surface area contributed by atoms with E-state index < -0.39 is 10.0 Å². The number of sulfonamides is 1. The van der Waals surface area contributed by atoms with Gasteiger partial charge in [-0.2, -0.15) is 0 Å². The average molecular weight is 442 g/mol. The molecule has 8 nitrogen and oxygen atoms in total. The minimum absolute atomic E-state index is 0.0772. The first-order chi connectivity index (χ1) is 15.0. The van der Waals surface area contributed by atoms with E-state index in [0.717, 1.165) is 5.69 Å². The molecule has 0 aliphatic rings. The molecule has 3 aromatic rings. The molecular formula is C22H23N3O5S. The van der Waals surface area contributed by atoms with Gasteiger partial charge >= 0.3 is 0 Å². The van der Waals surface area contributed by atoms with Gasteiger partial charge in [-0.25, -0.2) is 8.42 Å². The van der Waals surface area contributed by atoms with Gasteiger partial charge in [0.05, 0.1) is 23.7 Å². The SMILES string of the molecule is CCOc1ccc(NS(=O)(=O)c2ccc(OCC(=O)NCc3ccccn3)cc2)cc1. The summed E-state index contributed by atoms with van der Waals surface area (Å²) >= 11 is 0. The molecule has 1 heterocycles. The second-order valence-corrected chi connectivity index (χ2v) is 8.10. The summed E-state index contributed by atoms with van der Waals surface area (Å²) in [5.41, 5.74) is 1.17. The highest BCUT2D eigenvalue weighted by atomic mass is 32.2. The van der Waals surface area contributed by atoms with Gasteiger partial charge in [0.2, 0.25) is 0 Å². The first kappa shape index (κ1) is 22.1. The molecule has 0 aliphatic carbocycles. The standard InChI is InChI=1S/C22H23N3O5S/c1-2-29-19-8-6-17(7-9-19)25-31(27,28)21-12-10-20(11-13-21)30-16-22(26)24-15-18-5-3-4-14-23-18/h3-14,25H,2,15-16H2,1H3,(H,24,26). The lowest BCUT2D eigenvalue weighted by atomic mass is 10.3. The summed E-state index contributed by atoms with van der Waals surface area (Å²) in [6.07, 6.45) is 1.65. The van der Waals surface area contributed by atoms with Crippen molar-refractivity contribution in [3.8, 4) is 11.5 Å². The molecule has 2 aromatic carbocycles. The van der Waals surface area contributed by atoms with Crippen LogP contribution in [0.4, 0.5) is 5.69 Å². The van der Waals surface area contributed by atoms with E-state index in [1.807, 2.05) is 19.1 Å². The molecule has 31 heavy (non-hydrogen) atoms. The van der Waals surface area contributed by atoms with Crippen LogP contribution in [0.1, 0.15) is 12.6 Å². The van der Waals surface area contributed by atoms with Crippen LogP contribution in [0.15, 0.2) is 77.8 Å². The number of hydrogen-bond acceptors (Lipinski definition) is 6. The van der Waals surface area contributed by atoms with E-state index in [-0.39, 0.29) is 17.4 Å². The average Bonchev–Trinajstić information content (AvgIpc) is 2.78. The van der Waals surface area contributed by atoms with Gasteiger partial charge in [-0.05, 0) is 67.6 Å². The number of pyridine rings is 1. The highest BCUT2D eigenvalue weighted by Gasteiger charge is 2.14. The van der Waals surface area contributed by atoms with E-state index >= 15 is 0 Å². The van der Waals surface area contributed by atoms with Crippen LogP contribution in [0.25, 0.3) is 0 Å². The zero-order valence-electron chi connectivity index (χ0n) is 16.9. The largest absolute Gasteiger partial charge is 0.494 e. The molecule has 0 bridgehead atoms. The normalized spacial score (nSPS) is 10.9. The number of rotatable bonds is 10. The van der Waals surface area contributed by atoms with E-state index in [0.29, 0.717) is 30.3 Å². The highest BCUT2D eigenvalue weighted by molar-refractivity contribution is 7.92. The highest BCUT2D eigenvalue weighted by Crippen LogP contribution is 2.21. The molecule has 0 atom stereocenters. The van der Waals surface area contributed by atoms with Crippen molar-refractivity contribution >= 4 is 21.6 Å². The topological polar surface area (TPSA) is 107 Å². The number of carbonyl (C=O) groups excluding carboxylic acids is 1. The molecule has 0 unspecified atom stereocenters. The van der Waals surface area contributed by atoms with Crippen LogP contribution in [-0.2, 0) is 21.4 Å². The third-order valence-corrected chi connectivity index (χ3v) is 5.51. The van der Waals surface area contributed by atoms with Gasteiger partial charge in [-0.3, -0.25) is 14.5 Å². The summed E-state index contributed by atoms with van der Waals surface area (Å²) in [7, 11) is -3.76.